The number of carboxylic acid groups (broad SMARTS) is 1. The predicted octanol–water partition coefficient (Wildman–Crippen LogP) is 4.68. The highest BCUT2D eigenvalue weighted by Gasteiger charge is 2.43. The van der Waals surface area contributed by atoms with E-state index in [4.69, 9.17) is 0 Å². The summed E-state index contributed by atoms with van der Waals surface area (Å²) in [7, 11) is 0. The maximum atomic E-state index is 12.5. The number of aryl methyl sites for hydroxylation is 1. The van der Waals surface area contributed by atoms with Crippen LogP contribution >= 0.6 is 0 Å². The smallest absolute Gasteiger partial charge is 0.321 e. The van der Waals surface area contributed by atoms with Crippen molar-refractivity contribution in [3.63, 3.8) is 0 Å². The quantitative estimate of drug-likeness (QED) is 0.473. The lowest BCUT2D eigenvalue weighted by atomic mass is 9.83. The van der Waals surface area contributed by atoms with Gasteiger partial charge in [-0.3, -0.25) is 19.7 Å². The van der Waals surface area contributed by atoms with E-state index in [1.54, 1.807) is 0 Å². The second-order valence-electron chi connectivity index (χ2n) is 12.8. The lowest BCUT2D eigenvalue weighted by Gasteiger charge is -2.35. The average molecular weight is 543 g/mol. The van der Waals surface area contributed by atoms with Crippen LogP contribution in [-0.2, 0) is 11.2 Å². The Balaban J connectivity index is 1.03. The Morgan fingerprint density at radius 2 is 1.70 bits per heavy atom. The van der Waals surface area contributed by atoms with Gasteiger partial charge in [0.15, 0.2) is 0 Å². The second-order valence-corrected chi connectivity index (χ2v) is 12.8. The Bertz CT molecular complexity index is 1250. The molecule has 0 spiro atoms. The minimum Gasteiger partial charge on any atom is -0.480 e. The molecule has 4 aliphatic rings. The molecular formula is C34H46N4O2. The van der Waals surface area contributed by atoms with Crippen molar-refractivity contribution in [2.24, 2.45) is 27.7 Å². The molecule has 1 aliphatic carbocycles. The fourth-order valence-corrected chi connectivity index (χ4v) is 8.06. The second kappa shape index (κ2) is 12.9. The molecule has 2 aromatic carbocycles. The van der Waals surface area contributed by atoms with E-state index in [2.05, 4.69) is 68.3 Å². The van der Waals surface area contributed by atoms with Gasteiger partial charge in [-0.15, -0.1) is 0 Å². The number of benzene rings is 2. The third-order valence-corrected chi connectivity index (χ3v) is 10.2. The largest absolute Gasteiger partial charge is 0.480 e. The molecule has 0 bridgehead atoms. The molecule has 6 heteroatoms. The topological polar surface area (TPSA) is 68.5 Å². The number of likely N-dealkylation sites (tertiary alicyclic amines) is 2. The van der Waals surface area contributed by atoms with Crippen LogP contribution in [-0.4, -0.2) is 66.3 Å². The Morgan fingerprint density at radius 3 is 2.48 bits per heavy atom. The zero-order valence-electron chi connectivity index (χ0n) is 24.0. The molecule has 6 nitrogen and oxygen atoms in total. The highest BCUT2D eigenvalue weighted by atomic mass is 16.4. The maximum Gasteiger partial charge on any atom is 0.321 e. The number of nitrogens with zero attached hydrogens (tertiary/aromatic N) is 4. The minimum absolute atomic E-state index is 0.304. The van der Waals surface area contributed by atoms with E-state index < -0.39 is 5.97 Å². The predicted molar refractivity (Wildman–Crippen MR) is 158 cm³/mol. The van der Waals surface area contributed by atoms with Gasteiger partial charge < -0.3 is 10.0 Å². The first-order valence-corrected chi connectivity index (χ1v) is 15.9. The van der Waals surface area contributed by atoms with Crippen LogP contribution in [0.1, 0.15) is 74.8 Å². The van der Waals surface area contributed by atoms with Crippen molar-refractivity contribution in [3.8, 4) is 0 Å². The van der Waals surface area contributed by atoms with Crippen LogP contribution in [0.5, 0.6) is 0 Å². The first-order chi connectivity index (χ1) is 19.6. The molecule has 2 saturated heterocycles. The van der Waals surface area contributed by atoms with E-state index in [1.165, 1.54) is 69.2 Å². The van der Waals surface area contributed by atoms with Crippen LogP contribution in [0.25, 0.3) is 0 Å². The number of piperidine rings is 1. The van der Waals surface area contributed by atoms with Gasteiger partial charge >= 0.3 is 5.97 Å². The van der Waals surface area contributed by atoms with Gasteiger partial charge in [-0.05, 0) is 92.6 Å². The normalized spacial score (nSPS) is 25.3. The van der Waals surface area contributed by atoms with E-state index in [0.717, 1.165) is 55.5 Å². The molecule has 3 fully saturated rings. The Kier molecular flexibility index (Phi) is 8.93. The molecule has 1 N–H and O–H groups in total. The molecule has 3 aliphatic heterocycles. The van der Waals surface area contributed by atoms with Crippen molar-refractivity contribution in [3.05, 3.63) is 70.4 Å². The summed E-state index contributed by atoms with van der Waals surface area (Å²) in [4.78, 5) is 26.4. The van der Waals surface area contributed by atoms with E-state index >= 15 is 0 Å². The standard InChI is InChI=1S/C34H46N4O2/c39-34(40)33(28-12-5-2-6-13-28)38-22-29(30(23-38)27-10-3-1-4-11-27)21-37-18-16-25(17-19-37)8-7-9-26-14-15-31-32(20-26)36-24-35-31/h1,3-4,10-11,14-15,20,25,28-30,33H,2,5-9,12-13,16-19,21-24H2,(H,39,40)/t29-,30+,33-/m1/s1. The van der Waals surface area contributed by atoms with Gasteiger partial charge in [0.05, 0.1) is 10.7 Å². The van der Waals surface area contributed by atoms with Crippen LogP contribution in [0.4, 0.5) is 0 Å². The van der Waals surface area contributed by atoms with E-state index in [1.807, 2.05) is 0 Å². The first kappa shape index (κ1) is 27.6. The summed E-state index contributed by atoms with van der Waals surface area (Å²) in [5, 5.41) is 12.4. The number of hydrogen-bond donors (Lipinski definition) is 1. The molecule has 3 heterocycles. The maximum absolute atomic E-state index is 12.5. The summed E-state index contributed by atoms with van der Waals surface area (Å²) in [6.45, 7) is 5.81. The lowest BCUT2D eigenvalue weighted by Crippen LogP contribution is -2.46. The van der Waals surface area contributed by atoms with Crippen LogP contribution in [0, 0.1) is 17.8 Å². The summed E-state index contributed by atoms with van der Waals surface area (Å²) >= 11 is 0. The van der Waals surface area contributed by atoms with E-state index in [9.17, 15) is 9.90 Å². The highest BCUT2D eigenvalue weighted by molar-refractivity contribution is 5.74. The summed E-state index contributed by atoms with van der Waals surface area (Å²) in [5.74, 6) is 1.42. The molecule has 214 valence electrons. The SMILES string of the molecule is O=C(O)[C@@H](C1CCCCC1)N1C[C@@H](CN2CCC(CCCc3ccc4c(c3)=NCN=4)CC2)[C@H](c2ccccc2)C1. The first-order valence-electron chi connectivity index (χ1n) is 15.9. The van der Waals surface area contributed by atoms with Gasteiger partial charge in [0.2, 0.25) is 0 Å². The van der Waals surface area contributed by atoms with Gasteiger partial charge in [0.25, 0.3) is 0 Å². The number of rotatable bonds is 10. The van der Waals surface area contributed by atoms with Crippen LogP contribution in [0.2, 0.25) is 0 Å². The molecule has 0 radical (unpaired) electrons. The lowest BCUT2D eigenvalue weighted by molar-refractivity contribution is -0.145. The number of carbonyl (C=O) groups is 1. The highest BCUT2D eigenvalue weighted by Crippen LogP contribution is 2.38. The summed E-state index contributed by atoms with van der Waals surface area (Å²) in [6.07, 6.45) is 12.0. The molecule has 40 heavy (non-hydrogen) atoms. The number of fused-ring (bicyclic) bond motifs is 1. The van der Waals surface area contributed by atoms with Crippen molar-refractivity contribution < 1.29 is 9.90 Å². The molecule has 0 aromatic heterocycles. The summed E-state index contributed by atoms with van der Waals surface area (Å²) in [6, 6.07) is 17.1. The molecule has 6 rings (SSSR count). The van der Waals surface area contributed by atoms with Gasteiger partial charge in [-0.25, -0.2) is 0 Å². The number of aliphatic carboxylic acids is 1. The zero-order chi connectivity index (χ0) is 27.3. The van der Waals surface area contributed by atoms with Gasteiger partial charge in [-0.1, -0.05) is 62.1 Å². The van der Waals surface area contributed by atoms with Crippen molar-refractivity contribution in [1.29, 1.82) is 0 Å². The molecule has 0 unspecified atom stereocenters. The number of hydrogen-bond acceptors (Lipinski definition) is 5. The third kappa shape index (κ3) is 6.49. The van der Waals surface area contributed by atoms with Gasteiger partial charge in [0.1, 0.15) is 12.7 Å². The molecule has 0 amide bonds. The van der Waals surface area contributed by atoms with Crippen molar-refractivity contribution in [1.82, 2.24) is 9.80 Å². The fourth-order valence-electron chi connectivity index (χ4n) is 8.06. The Labute approximate surface area is 239 Å². The minimum atomic E-state index is -0.607. The molecule has 3 atom stereocenters. The van der Waals surface area contributed by atoms with Crippen molar-refractivity contribution in [2.45, 2.75) is 76.2 Å². The summed E-state index contributed by atoms with van der Waals surface area (Å²) < 4.78 is 0. The van der Waals surface area contributed by atoms with Crippen molar-refractivity contribution >= 4 is 5.97 Å². The van der Waals surface area contributed by atoms with E-state index in [-0.39, 0.29) is 6.04 Å². The van der Waals surface area contributed by atoms with Crippen molar-refractivity contribution in [2.75, 3.05) is 39.4 Å². The third-order valence-electron chi connectivity index (χ3n) is 10.2. The molecular weight excluding hydrogens is 496 g/mol. The number of carboxylic acids is 1. The Morgan fingerprint density at radius 1 is 0.925 bits per heavy atom. The van der Waals surface area contributed by atoms with Gasteiger partial charge in [0, 0.05) is 25.6 Å². The summed E-state index contributed by atoms with van der Waals surface area (Å²) in [5.41, 5.74) is 2.77. The van der Waals surface area contributed by atoms with Crippen LogP contribution < -0.4 is 10.7 Å². The average Bonchev–Trinajstić information content (AvgIpc) is 3.62. The molecule has 2 aromatic rings. The van der Waals surface area contributed by atoms with Gasteiger partial charge in [-0.2, -0.15) is 0 Å². The zero-order valence-corrected chi connectivity index (χ0v) is 24.0. The Hall–Kier alpha value is -2.57. The van der Waals surface area contributed by atoms with Crippen LogP contribution in [0.3, 0.4) is 0 Å². The molecule has 1 saturated carbocycles. The monoisotopic (exact) mass is 542 g/mol. The fraction of sp³-hybridized carbons (Fsp3) is 0.618. The van der Waals surface area contributed by atoms with E-state index in [0.29, 0.717) is 24.4 Å². The van der Waals surface area contributed by atoms with Crippen LogP contribution in [0.15, 0.2) is 58.5 Å².